The molecule has 0 aliphatic carbocycles. The smallest absolute Gasteiger partial charge is 0.306 e. The molecule has 5 nitrogen and oxygen atoms in total. The first-order valence-electron chi connectivity index (χ1n) is 30.4. The third kappa shape index (κ3) is 59.1. The standard InChI is InChI=1S/C67H114O5/c1-4-7-10-13-16-19-22-25-28-31-33-35-38-41-44-47-50-53-56-59-62-70-63-65(72-67(69)61-58-55-52-49-46-43-40-36-30-27-24-21-18-15-12-9-6-3)64-71-66(68)60-57-54-51-48-45-42-39-37-34-32-29-26-23-20-17-14-11-8-5-2/h8-9,11-12,17-18,20-21,26-27,29-30,34,37,42,45,51,54,65H,4-7,10,13-16,19,22-25,28,31-33,35-36,38-41,43-44,46-50,52-53,55-64H2,1-3H3/b11-8-,12-9-,20-17-,21-18-,29-26-,30-27-,37-34-,45-42-,54-51-. The fourth-order valence-electron chi connectivity index (χ4n) is 8.38. The number of allylic oxidation sites excluding steroid dienone is 18. The Morgan fingerprint density at radius 1 is 0.319 bits per heavy atom. The van der Waals surface area contributed by atoms with E-state index in [1.807, 2.05) is 6.08 Å². The molecule has 1 unspecified atom stereocenters. The minimum Gasteiger partial charge on any atom is -0.462 e. The quantitative estimate of drug-likeness (QED) is 0.0345. The molecule has 72 heavy (non-hydrogen) atoms. The van der Waals surface area contributed by atoms with E-state index in [0.29, 0.717) is 25.9 Å². The summed E-state index contributed by atoms with van der Waals surface area (Å²) < 4.78 is 17.4. The molecule has 5 heteroatoms. The highest BCUT2D eigenvalue weighted by molar-refractivity contribution is 5.70. The van der Waals surface area contributed by atoms with E-state index in [0.717, 1.165) is 96.3 Å². The summed E-state index contributed by atoms with van der Waals surface area (Å²) in [6.45, 7) is 7.54. The van der Waals surface area contributed by atoms with Crippen molar-refractivity contribution in [2.45, 2.75) is 284 Å². The van der Waals surface area contributed by atoms with Gasteiger partial charge in [-0.2, -0.15) is 0 Å². The van der Waals surface area contributed by atoms with Gasteiger partial charge in [0.25, 0.3) is 0 Å². The third-order valence-corrected chi connectivity index (χ3v) is 12.8. The van der Waals surface area contributed by atoms with Gasteiger partial charge in [-0.25, -0.2) is 0 Å². The molecule has 0 N–H and O–H groups in total. The van der Waals surface area contributed by atoms with Crippen molar-refractivity contribution in [2.75, 3.05) is 19.8 Å². The van der Waals surface area contributed by atoms with Gasteiger partial charge in [0, 0.05) is 19.4 Å². The van der Waals surface area contributed by atoms with Crippen LogP contribution in [0, 0.1) is 0 Å². The van der Waals surface area contributed by atoms with E-state index in [4.69, 9.17) is 14.2 Å². The molecule has 0 saturated carbocycles. The molecule has 0 aliphatic rings. The van der Waals surface area contributed by atoms with Crippen molar-refractivity contribution in [3.63, 3.8) is 0 Å². The largest absolute Gasteiger partial charge is 0.462 e. The summed E-state index contributed by atoms with van der Waals surface area (Å²) in [6, 6.07) is 0. The Morgan fingerprint density at radius 3 is 1.06 bits per heavy atom. The van der Waals surface area contributed by atoms with Gasteiger partial charge in [-0.1, -0.05) is 284 Å². The molecule has 0 aromatic heterocycles. The van der Waals surface area contributed by atoms with E-state index in [-0.39, 0.29) is 25.2 Å². The fraction of sp³-hybridized carbons (Fsp3) is 0.701. The van der Waals surface area contributed by atoms with Gasteiger partial charge >= 0.3 is 11.9 Å². The average molecular weight is 1000 g/mol. The first-order valence-corrected chi connectivity index (χ1v) is 30.4. The van der Waals surface area contributed by atoms with E-state index >= 15 is 0 Å². The summed E-state index contributed by atoms with van der Waals surface area (Å²) in [5, 5.41) is 0. The van der Waals surface area contributed by atoms with Crippen LogP contribution in [0.25, 0.3) is 0 Å². The molecule has 0 aromatic carbocycles. The molecular formula is C67H114O5. The molecule has 0 amide bonds. The van der Waals surface area contributed by atoms with E-state index < -0.39 is 6.10 Å². The molecular weight excluding hydrogens is 885 g/mol. The number of carbonyl (C=O) groups is 2. The summed E-state index contributed by atoms with van der Waals surface area (Å²) in [6.07, 6.45) is 85.6. The van der Waals surface area contributed by atoms with E-state index in [1.54, 1.807) is 0 Å². The predicted octanol–water partition coefficient (Wildman–Crippen LogP) is 21.1. The number of carbonyl (C=O) groups excluding carboxylic acids is 2. The Bertz CT molecular complexity index is 1410. The number of ether oxygens (including phenoxy) is 3. The molecule has 0 aliphatic heterocycles. The van der Waals surface area contributed by atoms with Crippen molar-refractivity contribution >= 4 is 11.9 Å². The van der Waals surface area contributed by atoms with E-state index in [9.17, 15) is 9.59 Å². The topological polar surface area (TPSA) is 61.8 Å². The second kappa shape index (κ2) is 61.9. The Kier molecular flexibility index (Phi) is 58.9. The summed E-state index contributed by atoms with van der Waals surface area (Å²) in [5.74, 6) is -0.501. The number of hydrogen-bond donors (Lipinski definition) is 0. The van der Waals surface area contributed by atoms with Gasteiger partial charge < -0.3 is 14.2 Å². The molecule has 0 spiro atoms. The molecule has 0 aromatic rings. The molecule has 0 heterocycles. The molecule has 0 bridgehead atoms. The Labute approximate surface area is 446 Å². The first kappa shape index (κ1) is 68.6. The number of esters is 2. The van der Waals surface area contributed by atoms with Crippen LogP contribution in [0.2, 0.25) is 0 Å². The zero-order valence-electron chi connectivity index (χ0n) is 47.4. The zero-order valence-corrected chi connectivity index (χ0v) is 47.4. The lowest BCUT2D eigenvalue weighted by atomic mass is 10.0. The van der Waals surface area contributed by atoms with Crippen LogP contribution in [0.1, 0.15) is 278 Å². The normalized spacial score (nSPS) is 13.0. The lowest BCUT2D eigenvalue weighted by molar-refractivity contribution is -0.162. The molecule has 0 rings (SSSR count). The van der Waals surface area contributed by atoms with E-state index in [2.05, 4.69) is 124 Å². The van der Waals surface area contributed by atoms with Gasteiger partial charge in [0.2, 0.25) is 0 Å². The monoisotopic (exact) mass is 999 g/mol. The van der Waals surface area contributed by atoms with Gasteiger partial charge in [-0.3, -0.25) is 9.59 Å². The lowest BCUT2D eigenvalue weighted by Gasteiger charge is -2.18. The van der Waals surface area contributed by atoms with Gasteiger partial charge in [-0.15, -0.1) is 0 Å². The Balaban J connectivity index is 4.38. The fourth-order valence-corrected chi connectivity index (χ4v) is 8.38. The highest BCUT2D eigenvalue weighted by atomic mass is 16.6. The first-order chi connectivity index (χ1) is 35.6. The summed E-state index contributed by atoms with van der Waals surface area (Å²) in [4.78, 5) is 25.5. The third-order valence-electron chi connectivity index (χ3n) is 12.8. The van der Waals surface area contributed by atoms with Crippen LogP contribution >= 0.6 is 0 Å². The molecule has 0 radical (unpaired) electrons. The number of hydrogen-bond acceptors (Lipinski definition) is 5. The average Bonchev–Trinajstić information content (AvgIpc) is 3.38. The van der Waals surface area contributed by atoms with Crippen molar-refractivity contribution < 1.29 is 23.8 Å². The van der Waals surface area contributed by atoms with Crippen LogP contribution < -0.4 is 0 Å². The summed E-state index contributed by atoms with van der Waals surface area (Å²) >= 11 is 0. The number of rotatable bonds is 55. The molecule has 0 fully saturated rings. The van der Waals surface area contributed by atoms with Crippen LogP contribution in [0.4, 0.5) is 0 Å². The Hall–Kier alpha value is -3.44. The molecule has 0 saturated heterocycles. The maximum absolute atomic E-state index is 12.9. The van der Waals surface area contributed by atoms with Crippen LogP contribution in [0.15, 0.2) is 109 Å². The van der Waals surface area contributed by atoms with Gasteiger partial charge in [0.05, 0.1) is 6.61 Å². The highest BCUT2D eigenvalue weighted by Crippen LogP contribution is 2.16. The molecule has 412 valence electrons. The highest BCUT2D eigenvalue weighted by Gasteiger charge is 2.17. The second-order valence-electron chi connectivity index (χ2n) is 19.8. The van der Waals surface area contributed by atoms with Crippen LogP contribution in [0.3, 0.4) is 0 Å². The van der Waals surface area contributed by atoms with Gasteiger partial charge in [-0.05, 0) is 89.9 Å². The van der Waals surface area contributed by atoms with Gasteiger partial charge in [0.1, 0.15) is 6.61 Å². The minimum absolute atomic E-state index is 0.0378. The van der Waals surface area contributed by atoms with Crippen molar-refractivity contribution in [2.24, 2.45) is 0 Å². The van der Waals surface area contributed by atoms with Gasteiger partial charge in [0.15, 0.2) is 6.10 Å². The lowest BCUT2D eigenvalue weighted by Crippen LogP contribution is -2.30. The number of unbranched alkanes of at least 4 members (excludes halogenated alkanes) is 26. The SMILES string of the molecule is CC/C=C\C/C=C\C/C=C\C/C=C\C/C=C\C/C=C\CCC(=O)OCC(COCCCCCCCCCCCCCCCCCCCCCC)OC(=O)CCCCCCCCC/C=C\C/C=C\C/C=C\CC. The second-order valence-corrected chi connectivity index (χ2v) is 19.8. The van der Waals surface area contributed by atoms with Crippen molar-refractivity contribution in [1.29, 1.82) is 0 Å². The predicted molar refractivity (Wildman–Crippen MR) is 316 cm³/mol. The summed E-state index contributed by atoms with van der Waals surface area (Å²) in [7, 11) is 0. The maximum Gasteiger partial charge on any atom is 0.306 e. The summed E-state index contributed by atoms with van der Waals surface area (Å²) in [5.41, 5.74) is 0. The van der Waals surface area contributed by atoms with Crippen molar-refractivity contribution in [3.05, 3.63) is 109 Å². The van der Waals surface area contributed by atoms with E-state index in [1.165, 1.54) is 141 Å². The zero-order chi connectivity index (χ0) is 52.0. The molecule has 1 atom stereocenters. The minimum atomic E-state index is -0.578. The van der Waals surface area contributed by atoms with Crippen molar-refractivity contribution in [3.8, 4) is 0 Å². The van der Waals surface area contributed by atoms with Crippen LogP contribution in [-0.4, -0.2) is 37.9 Å². The van der Waals surface area contributed by atoms with Crippen LogP contribution in [-0.2, 0) is 23.8 Å². The maximum atomic E-state index is 12.9. The van der Waals surface area contributed by atoms with Crippen molar-refractivity contribution in [1.82, 2.24) is 0 Å². The van der Waals surface area contributed by atoms with Crippen LogP contribution in [0.5, 0.6) is 0 Å². The Morgan fingerprint density at radius 2 is 0.653 bits per heavy atom.